The van der Waals surface area contributed by atoms with Gasteiger partial charge in [0.05, 0.1) is 25.2 Å². The van der Waals surface area contributed by atoms with Crippen LogP contribution in [-0.4, -0.2) is 43.5 Å². The summed E-state index contributed by atoms with van der Waals surface area (Å²) in [7, 11) is 3.04. The number of benzene rings is 2. The summed E-state index contributed by atoms with van der Waals surface area (Å²) >= 11 is 0. The van der Waals surface area contributed by atoms with Crippen LogP contribution in [0, 0.1) is 10.1 Å². The number of carbonyl (C=O) groups excluding carboxylic acids is 2. The molecular formula is C19H19N3O6. The zero-order valence-corrected chi connectivity index (χ0v) is 15.4. The fourth-order valence-corrected chi connectivity index (χ4v) is 3.08. The van der Waals surface area contributed by atoms with E-state index in [9.17, 15) is 19.7 Å². The highest BCUT2D eigenvalue weighted by Gasteiger charge is 2.32. The Balaban J connectivity index is 1.72. The van der Waals surface area contributed by atoms with Crippen molar-refractivity contribution in [3.8, 4) is 11.5 Å². The number of amides is 2. The molecule has 1 heterocycles. The zero-order chi connectivity index (χ0) is 20.3. The molecule has 3 rings (SSSR count). The van der Waals surface area contributed by atoms with Crippen molar-refractivity contribution in [3.05, 3.63) is 58.1 Å². The zero-order valence-electron chi connectivity index (χ0n) is 15.4. The number of ether oxygens (including phenoxy) is 2. The first-order chi connectivity index (χ1) is 13.4. The Morgan fingerprint density at radius 3 is 2.61 bits per heavy atom. The minimum atomic E-state index is -0.561. The molecule has 2 aromatic rings. The lowest BCUT2D eigenvalue weighted by Gasteiger charge is -2.19. The van der Waals surface area contributed by atoms with Gasteiger partial charge in [0.25, 0.3) is 11.6 Å². The molecule has 1 unspecified atom stereocenters. The average Bonchev–Trinajstić information content (AvgIpc) is 3.07. The molecule has 2 amide bonds. The van der Waals surface area contributed by atoms with E-state index in [2.05, 4.69) is 5.32 Å². The van der Waals surface area contributed by atoms with Crippen molar-refractivity contribution < 1.29 is 24.0 Å². The lowest BCUT2D eigenvalue weighted by molar-refractivity contribution is -0.384. The first-order valence-electron chi connectivity index (χ1n) is 8.50. The van der Waals surface area contributed by atoms with Crippen molar-refractivity contribution in [2.45, 2.75) is 12.5 Å². The molecule has 1 fully saturated rings. The average molecular weight is 385 g/mol. The molecular weight excluding hydrogens is 366 g/mol. The molecule has 146 valence electrons. The molecule has 1 aliphatic rings. The van der Waals surface area contributed by atoms with E-state index in [0.29, 0.717) is 17.2 Å². The molecule has 28 heavy (non-hydrogen) atoms. The molecule has 9 heteroatoms. The lowest BCUT2D eigenvalue weighted by Crippen LogP contribution is -2.37. The highest BCUT2D eigenvalue weighted by Crippen LogP contribution is 2.33. The molecule has 0 aromatic heterocycles. The third-order valence-electron chi connectivity index (χ3n) is 4.46. The van der Waals surface area contributed by atoms with Crippen molar-refractivity contribution in [1.29, 1.82) is 0 Å². The quantitative estimate of drug-likeness (QED) is 0.602. The molecule has 9 nitrogen and oxygen atoms in total. The fraction of sp³-hybridized carbons (Fsp3) is 0.263. The number of methoxy groups -OCH3 is 2. The van der Waals surface area contributed by atoms with Gasteiger partial charge in [-0.3, -0.25) is 19.7 Å². The van der Waals surface area contributed by atoms with Gasteiger partial charge in [0.2, 0.25) is 5.91 Å². The number of nitrogens with one attached hydrogen (secondary N) is 1. The Labute approximate surface area is 161 Å². The largest absolute Gasteiger partial charge is 0.493 e. The lowest BCUT2D eigenvalue weighted by atomic mass is 10.1. The molecule has 0 spiro atoms. The van der Waals surface area contributed by atoms with Crippen LogP contribution in [0.5, 0.6) is 11.5 Å². The Bertz CT molecular complexity index is 930. The Kier molecular flexibility index (Phi) is 5.44. The van der Waals surface area contributed by atoms with E-state index in [0.717, 1.165) is 0 Å². The van der Waals surface area contributed by atoms with Crippen molar-refractivity contribution in [1.82, 2.24) is 5.32 Å². The predicted octanol–water partition coefficient (Wildman–Crippen LogP) is 2.15. The minimum absolute atomic E-state index is 0.134. The van der Waals surface area contributed by atoms with Gasteiger partial charge in [0.1, 0.15) is 0 Å². The number of nitro benzene ring substituents is 1. The van der Waals surface area contributed by atoms with Gasteiger partial charge >= 0.3 is 0 Å². The summed E-state index contributed by atoms with van der Waals surface area (Å²) in [6.45, 7) is 0.287. The summed E-state index contributed by atoms with van der Waals surface area (Å²) in [6.07, 6.45) is 0.134. The van der Waals surface area contributed by atoms with Gasteiger partial charge in [-0.1, -0.05) is 6.07 Å². The Morgan fingerprint density at radius 2 is 1.93 bits per heavy atom. The second-order valence-electron chi connectivity index (χ2n) is 6.23. The van der Waals surface area contributed by atoms with Crippen LogP contribution in [0.2, 0.25) is 0 Å². The maximum atomic E-state index is 12.4. The number of nitro groups is 1. The third-order valence-corrected chi connectivity index (χ3v) is 4.46. The maximum Gasteiger partial charge on any atom is 0.270 e. The number of hydrogen-bond donors (Lipinski definition) is 1. The van der Waals surface area contributed by atoms with Crippen LogP contribution in [0.4, 0.5) is 11.4 Å². The van der Waals surface area contributed by atoms with Crippen molar-refractivity contribution in [2.75, 3.05) is 25.7 Å². The van der Waals surface area contributed by atoms with Gasteiger partial charge in [-0.05, 0) is 18.2 Å². The number of anilines is 1. The van der Waals surface area contributed by atoms with Crippen LogP contribution in [0.1, 0.15) is 16.8 Å². The number of non-ortho nitro benzene ring substituents is 1. The highest BCUT2D eigenvalue weighted by molar-refractivity contribution is 5.99. The second-order valence-corrected chi connectivity index (χ2v) is 6.23. The molecule has 0 bridgehead atoms. The number of nitrogens with zero attached hydrogens (tertiary/aromatic N) is 2. The first kappa shape index (κ1) is 19.2. The molecule has 2 aromatic carbocycles. The molecule has 1 aliphatic heterocycles. The summed E-state index contributed by atoms with van der Waals surface area (Å²) in [5, 5.41) is 13.6. The Morgan fingerprint density at radius 1 is 1.18 bits per heavy atom. The van der Waals surface area contributed by atoms with Crippen molar-refractivity contribution >= 4 is 23.2 Å². The Hall–Kier alpha value is -3.62. The number of rotatable bonds is 6. The number of carbonyl (C=O) groups is 2. The van der Waals surface area contributed by atoms with Gasteiger partial charge in [-0.25, -0.2) is 0 Å². The standard InChI is InChI=1S/C19H19N3O6/c1-27-16-7-6-14(10-17(16)28-2)21-11-13(9-18(21)23)20-19(24)12-4-3-5-15(8-12)22(25)26/h3-8,10,13H,9,11H2,1-2H3,(H,20,24). The molecule has 0 radical (unpaired) electrons. The molecule has 1 atom stereocenters. The smallest absolute Gasteiger partial charge is 0.270 e. The van der Waals surface area contributed by atoms with E-state index in [1.165, 1.54) is 38.5 Å². The van der Waals surface area contributed by atoms with Crippen LogP contribution in [0.3, 0.4) is 0 Å². The van der Waals surface area contributed by atoms with E-state index >= 15 is 0 Å². The first-order valence-corrected chi connectivity index (χ1v) is 8.50. The van der Waals surface area contributed by atoms with E-state index in [1.54, 1.807) is 23.1 Å². The second kappa shape index (κ2) is 7.95. The summed E-state index contributed by atoms with van der Waals surface area (Å²) in [5.74, 6) is 0.442. The van der Waals surface area contributed by atoms with Gasteiger partial charge in [0, 0.05) is 42.4 Å². The van der Waals surface area contributed by atoms with E-state index < -0.39 is 16.9 Å². The normalized spacial score (nSPS) is 16.0. The number of hydrogen-bond acceptors (Lipinski definition) is 6. The van der Waals surface area contributed by atoms with Crippen LogP contribution < -0.4 is 19.7 Å². The monoisotopic (exact) mass is 385 g/mol. The predicted molar refractivity (Wildman–Crippen MR) is 101 cm³/mol. The summed E-state index contributed by atoms with van der Waals surface area (Å²) in [6, 6.07) is 10.2. The third kappa shape index (κ3) is 3.88. The van der Waals surface area contributed by atoms with Gasteiger partial charge in [0.15, 0.2) is 11.5 Å². The van der Waals surface area contributed by atoms with Crippen LogP contribution in [0.15, 0.2) is 42.5 Å². The van der Waals surface area contributed by atoms with Crippen LogP contribution >= 0.6 is 0 Å². The molecule has 1 N–H and O–H groups in total. The fourth-order valence-electron chi connectivity index (χ4n) is 3.08. The van der Waals surface area contributed by atoms with Crippen LogP contribution in [0.25, 0.3) is 0 Å². The highest BCUT2D eigenvalue weighted by atomic mass is 16.6. The van der Waals surface area contributed by atoms with E-state index in [1.807, 2.05) is 0 Å². The van der Waals surface area contributed by atoms with Gasteiger partial charge in [-0.2, -0.15) is 0 Å². The van der Waals surface area contributed by atoms with Crippen molar-refractivity contribution in [3.63, 3.8) is 0 Å². The van der Waals surface area contributed by atoms with Crippen LogP contribution in [-0.2, 0) is 4.79 Å². The van der Waals surface area contributed by atoms with Crippen molar-refractivity contribution in [2.24, 2.45) is 0 Å². The molecule has 0 aliphatic carbocycles. The minimum Gasteiger partial charge on any atom is -0.493 e. The topological polar surface area (TPSA) is 111 Å². The van der Waals surface area contributed by atoms with Gasteiger partial charge < -0.3 is 19.7 Å². The maximum absolute atomic E-state index is 12.4. The summed E-state index contributed by atoms with van der Waals surface area (Å²) in [4.78, 5) is 36.7. The SMILES string of the molecule is COc1ccc(N2CC(NC(=O)c3cccc([N+](=O)[O-])c3)CC2=O)cc1OC. The van der Waals surface area contributed by atoms with E-state index in [-0.39, 0.29) is 30.1 Å². The summed E-state index contributed by atoms with van der Waals surface area (Å²) in [5.41, 5.74) is 0.642. The molecule has 0 saturated carbocycles. The summed E-state index contributed by atoms with van der Waals surface area (Å²) < 4.78 is 10.5. The van der Waals surface area contributed by atoms with Gasteiger partial charge in [-0.15, -0.1) is 0 Å². The molecule has 1 saturated heterocycles. The van der Waals surface area contributed by atoms with E-state index in [4.69, 9.17) is 9.47 Å².